The van der Waals surface area contributed by atoms with Gasteiger partial charge in [0.15, 0.2) is 12.4 Å². The molecule has 0 radical (unpaired) electrons. The highest BCUT2D eigenvalue weighted by Gasteiger charge is 2.27. The summed E-state index contributed by atoms with van der Waals surface area (Å²) in [6.07, 6.45) is 4.49. The van der Waals surface area contributed by atoms with E-state index in [0.717, 1.165) is 22.4 Å². The molecule has 0 aliphatic rings. The van der Waals surface area contributed by atoms with Gasteiger partial charge in [0, 0.05) is 113 Å². The van der Waals surface area contributed by atoms with E-state index in [1.807, 2.05) is 26.8 Å². The van der Waals surface area contributed by atoms with Gasteiger partial charge in [-0.2, -0.15) is 18.3 Å². The molecule has 0 aliphatic carbocycles. The van der Waals surface area contributed by atoms with Crippen molar-refractivity contribution >= 4 is 131 Å². The van der Waals surface area contributed by atoms with Gasteiger partial charge in [-0.15, -0.1) is 0 Å². The first-order chi connectivity index (χ1) is 53.8. The van der Waals surface area contributed by atoms with E-state index >= 15 is 0 Å². The van der Waals surface area contributed by atoms with E-state index in [1.165, 1.54) is 181 Å². The van der Waals surface area contributed by atoms with E-state index in [9.17, 15) is 0 Å². The zero-order valence-corrected chi connectivity index (χ0v) is 64.1. The minimum atomic E-state index is -2.09. The van der Waals surface area contributed by atoms with Gasteiger partial charge in [0.25, 0.3) is 0 Å². The fraction of sp³-hybridized carbons (Fsp3) is 0.192. The van der Waals surface area contributed by atoms with Gasteiger partial charge in [0.1, 0.15) is 50.3 Å². The Morgan fingerprint density at radius 3 is 1.31 bits per heavy atom. The Morgan fingerprint density at radius 2 is 0.723 bits per heavy atom. The van der Waals surface area contributed by atoms with Gasteiger partial charge in [-0.25, -0.2) is 0 Å². The molecule has 8 heteroatoms. The van der Waals surface area contributed by atoms with Crippen molar-refractivity contribution in [3.63, 3.8) is 0 Å². The van der Waals surface area contributed by atoms with Crippen LogP contribution in [-0.2, 0) is 56.4 Å². The summed E-state index contributed by atoms with van der Waals surface area (Å²) >= 11 is 0. The number of nitrogens with zero attached hydrogens (tertiary/aromatic N) is 8. The lowest BCUT2D eigenvalue weighted by Crippen LogP contribution is -2.32. The van der Waals surface area contributed by atoms with E-state index in [0.29, 0.717) is 5.56 Å². The lowest BCUT2D eigenvalue weighted by Gasteiger charge is -2.07. The fourth-order valence-electron chi connectivity index (χ4n) is 17.2. The SMILES string of the molecule is C.C.C.C.Cc1ccccc1-c1cc2c3ccc4ccccc4c3n(C)c2c[n+]1C.Cc1ccccc1-c1ccc2c(c3cc4ccccc4cc3n2C)[n+]1C.[2H]C(C)(C)c1ccc2cc3c4cc(-c5ccccc5C)[n+](C)cc4n(C)c3cc2c1.[2H]C([2H])([2H])c1ccc(-c2ccc3c(c4c5ccccc5ccc4n3C)[n+]2C)c(C)c1. The van der Waals surface area contributed by atoms with Gasteiger partial charge in [-0.1, -0.05) is 225 Å². The summed E-state index contributed by atoms with van der Waals surface area (Å²) in [6.45, 7) is 10.3. The lowest BCUT2D eigenvalue weighted by molar-refractivity contribution is -0.659. The molecule has 0 saturated heterocycles. The highest BCUT2D eigenvalue weighted by molar-refractivity contribution is 6.20. The predicted octanol–water partition coefficient (Wildman–Crippen LogP) is 25.1. The summed E-state index contributed by atoms with van der Waals surface area (Å²) in [6, 6.07) is 94.8. The Bertz CT molecular complexity index is 7220. The van der Waals surface area contributed by atoms with Crippen LogP contribution < -0.4 is 18.3 Å². The molecule has 8 nitrogen and oxygen atoms in total. The first-order valence-corrected chi connectivity index (χ1v) is 37.3. The first-order valence-electron chi connectivity index (χ1n) is 39.3. The van der Waals surface area contributed by atoms with E-state index in [2.05, 4.69) is 375 Å². The molecule has 0 bridgehead atoms. The second kappa shape index (κ2) is 30.7. The van der Waals surface area contributed by atoms with Crippen molar-refractivity contribution < 1.29 is 23.8 Å². The maximum Gasteiger partial charge on any atom is 0.239 e. The average Bonchev–Trinajstić information content (AvgIpc) is 1.60. The molecule has 0 spiro atoms. The van der Waals surface area contributed by atoms with Gasteiger partial charge < -0.3 is 18.3 Å². The first kappa shape index (κ1) is 72.3. The van der Waals surface area contributed by atoms with Gasteiger partial charge in [-0.05, 0) is 173 Å². The maximum absolute atomic E-state index is 8.38. The summed E-state index contributed by atoms with van der Waals surface area (Å²) in [5.41, 5.74) is 28.3. The normalized spacial score (nSPS) is 12.1. The van der Waals surface area contributed by atoms with Crippen LogP contribution >= 0.6 is 0 Å². The molecular formula is C104H108N8+4. The summed E-state index contributed by atoms with van der Waals surface area (Å²) in [5.74, 6) is -0.599. The number of aryl methyl sites for hydroxylation is 13. The van der Waals surface area contributed by atoms with Gasteiger partial charge in [-0.3, -0.25) is 0 Å². The van der Waals surface area contributed by atoms with Crippen LogP contribution in [0.15, 0.2) is 279 Å². The van der Waals surface area contributed by atoms with Gasteiger partial charge in [0.05, 0.1) is 27.3 Å². The molecule has 20 rings (SSSR count). The Hall–Kier alpha value is -12.5. The van der Waals surface area contributed by atoms with Crippen LogP contribution in [0.2, 0.25) is 0 Å². The monoisotopic (exact) mass is 1470 g/mol. The Balaban J connectivity index is 0.000000133. The average molecular weight is 1470 g/mol. The predicted molar refractivity (Wildman–Crippen MR) is 483 cm³/mol. The lowest BCUT2D eigenvalue weighted by atomic mass is 9.98. The van der Waals surface area contributed by atoms with Crippen molar-refractivity contribution in [1.29, 1.82) is 0 Å². The molecule has 0 aliphatic heterocycles. The summed E-state index contributed by atoms with van der Waals surface area (Å²) in [4.78, 5) is 0. The number of hydrogen-bond acceptors (Lipinski definition) is 0. The molecule has 0 atom stereocenters. The van der Waals surface area contributed by atoms with Crippen LogP contribution in [-0.4, -0.2) is 18.3 Å². The smallest absolute Gasteiger partial charge is 0.239 e. The van der Waals surface area contributed by atoms with E-state index < -0.39 is 12.7 Å². The molecule has 0 saturated carbocycles. The number of rotatable bonds is 5. The van der Waals surface area contributed by atoms with Gasteiger partial charge in [0.2, 0.25) is 33.8 Å². The molecule has 12 aromatic carbocycles. The number of fused-ring (bicyclic) bond motifs is 18. The van der Waals surface area contributed by atoms with Crippen LogP contribution in [0.4, 0.5) is 0 Å². The quantitative estimate of drug-likeness (QED) is 0.154. The van der Waals surface area contributed by atoms with E-state index in [1.54, 1.807) is 12.1 Å². The Labute approximate surface area is 666 Å². The topological polar surface area (TPSA) is 35.2 Å². The molecule has 0 amide bonds. The maximum atomic E-state index is 8.38. The molecule has 0 fully saturated rings. The van der Waals surface area contributed by atoms with Gasteiger partial charge >= 0.3 is 0 Å². The number of hydrogen-bond donors (Lipinski definition) is 0. The molecule has 112 heavy (non-hydrogen) atoms. The van der Waals surface area contributed by atoms with Crippen molar-refractivity contribution in [3.05, 3.63) is 313 Å². The van der Waals surface area contributed by atoms with Crippen LogP contribution in [0.1, 0.15) is 88.3 Å². The number of benzene rings is 12. The highest BCUT2D eigenvalue weighted by atomic mass is 15.0. The van der Waals surface area contributed by atoms with Crippen LogP contribution in [0.3, 0.4) is 0 Å². The van der Waals surface area contributed by atoms with Crippen molar-refractivity contribution in [2.45, 2.75) is 84.0 Å². The fourth-order valence-corrected chi connectivity index (χ4v) is 17.2. The number of pyridine rings is 4. The second-order valence-corrected chi connectivity index (χ2v) is 29.9. The van der Waals surface area contributed by atoms with E-state index in [-0.39, 0.29) is 29.7 Å². The van der Waals surface area contributed by atoms with Crippen molar-refractivity contribution in [3.8, 4) is 45.0 Å². The zero-order valence-electron chi connectivity index (χ0n) is 68.1. The largest absolute Gasteiger partial charge is 0.339 e. The van der Waals surface area contributed by atoms with Crippen LogP contribution in [0.5, 0.6) is 0 Å². The molecule has 0 N–H and O–H groups in total. The van der Waals surface area contributed by atoms with Crippen LogP contribution in [0, 0.1) is 34.5 Å². The number of aromatic nitrogens is 8. The molecule has 560 valence electrons. The molecule has 8 heterocycles. The van der Waals surface area contributed by atoms with Crippen molar-refractivity contribution in [1.82, 2.24) is 18.3 Å². The van der Waals surface area contributed by atoms with E-state index in [4.69, 9.17) is 5.48 Å². The van der Waals surface area contributed by atoms with Crippen LogP contribution in [0.25, 0.3) is 176 Å². The zero-order chi connectivity index (χ0) is 78.1. The highest BCUT2D eigenvalue weighted by Crippen LogP contribution is 2.40. The van der Waals surface area contributed by atoms with Crippen molar-refractivity contribution in [2.24, 2.45) is 56.4 Å². The summed E-state index contributed by atoms with van der Waals surface area (Å²) < 4.78 is 49.7. The third kappa shape index (κ3) is 13.1. The minimum Gasteiger partial charge on any atom is -0.339 e. The third-order valence-electron chi connectivity index (χ3n) is 23.1. The summed E-state index contributed by atoms with van der Waals surface area (Å²) in [7, 11) is 17.1. The summed E-state index contributed by atoms with van der Waals surface area (Å²) in [5, 5.41) is 17.8. The Morgan fingerprint density at radius 1 is 0.304 bits per heavy atom. The second-order valence-electron chi connectivity index (χ2n) is 29.9. The molecule has 20 aromatic rings. The third-order valence-corrected chi connectivity index (χ3v) is 23.1. The minimum absolute atomic E-state index is 0. The molecular weight excluding hydrogens is 1360 g/mol. The Kier molecular flexibility index (Phi) is 19.9. The van der Waals surface area contributed by atoms with Crippen molar-refractivity contribution in [2.75, 3.05) is 0 Å². The standard InChI is InChI=1S/C27H27N2.C25H23N2.2C24H21N2.4CH4/c1-17(2)19-10-11-20-13-23-24-15-25(22-9-7-6-8-18(22)3)28(4)16-27(24)29(5)26(23)14-21(20)12-19;1-16-9-11-19(17(2)15-16)21-13-14-23-25(27(21)4)24-20-8-6-5-7-18(20)10-12-22(24)26(23)3;1-16-8-4-7-11-19(16)21-12-13-22-24(26(21)3)20-14-17-9-5-6-10-18(17)15-23(20)25(22)2;1-16-8-4-6-10-18(16)22-14-21-20-13-12-17-9-5-7-11-19(17)24(20)26(3)23(21)15-25(22)2;;;;/h6-17H,1-5H3;5-15H,1-4H3;2*4-15H,1-3H3;4*1H4/q4*+1;;;;/i17D;1D3;;;;;;. The molecule has 0 unspecified atom stereocenters. The molecule has 8 aromatic heterocycles.